The standard InChI is InChI=1S/C12H9I2NO2S2/c1-2-15-11(17)9(19-12(15)18)5-6-3-7(13)10(16)8(14)4-6/h3-5,16H,2H2,1H3/b9-5-. The van der Waals surface area contributed by atoms with Gasteiger partial charge in [0, 0.05) is 6.54 Å². The van der Waals surface area contributed by atoms with Crippen molar-refractivity contribution in [3.63, 3.8) is 0 Å². The van der Waals surface area contributed by atoms with Crippen LogP contribution in [0.3, 0.4) is 0 Å². The van der Waals surface area contributed by atoms with Gasteiger partial charge in [-0.25, -0.2) is 0 Å². The number of aromatic hydroxyl groups is 1. The number of nitrogens with zero attached hydrogens (tertiary/aromatic N) is 1. The molecule has 0 aliphatic carbocycles. The third-order valence-electron chi connectivity index (χ3n) is 2.53. The molecule has 2 rings (SSSR count). The van der Waals surface area contributed by atoms with Crippen LogP contribution in [0.25, 0.3) is 6.08 Å². The van der Waals surface area contributed by atoms with Gasteiger partial charge in [-0.1, -0.05) is 24.0 Å². The SMILES string of the molecule is CCN1C(=O)/C(=C/c2cc(I)c(O)c(I)c2)SC1=S. The Morgan fingerprint density at radius 1 is 1.42 bits per heavy atom. The average Bonchev–Trinajstić information content (AvgIpc) is 2.61. The van der Waals surface area contributed by atoms with Gasteiger partial charge in [-0.15, -0.1) is 0 Å². The fraction of sp³-hybridized carbons (Fsp3) is 0.167. The summed E-state index contributed by atoms with van der Waals surface area (Å²) in [6, 6.07) is 3.69. The molecule has 1 aromatic rings. The van der Waals surface area contributed by atoms with Gasteiger partial charge in [-0.05, 0) is 75.9 Å². The van der Waals surface area contributed by atoms with Crippen molar-refractivity contribution in [2.75, 3.05) is 6.54 Å². The minimum Gasteiger partial charge on any atom is -0.506 e. The summed E-state index contributed by atoms with van der Waals surface area (Å²) in [5, 5.41) is 9.73. The molecule has 1 amide bonds. The summed E-state index contributed by atoms with van der Waals surface area (Å²) in [4.78, 5) is 14.3. The quantitative estimate of drug-likeness (QED) is 0.368. The lowest BCUT2D eigenvalue weighted by molar-refractivity contribution is -0.121. The molecule has 1 aliphatic rings. The first-order chi connectivity index (χ1) is 8.93. The van der Waals surface area contributed by atoms with Crippen LogP contribution in [0.1, 0.15) is 12.5 Å². The molecule has 0 bridgehead atoms. The molecule has 1 fully saturated rings. The maximum Gasteiger partial charge on any atom is 0.266 e. The number of halogens is 2. The van der Waals surface area contributed by atoms with E-state index in [1.807, 2.05) is 25.1 Å². The van der Waals surface area contributed by atoms with E-state index in [-0.39, 0.29) is 11.7 Å². The largest absolute Gasteiger partial charge is 0.506 e. The van der Waals surface area contributed by atoms with Crippen molar-refractivity contribution in [2.24, 2.45) is 0 Å². The van der Waals surface area contributed by atoms with Crippen molar-refractivity contribution < 1.29 is 9.90 Å². The normalized spacial score (nSPS) is 17.6. The molecule has 1 aromatic carbocycles. The van der Waals surface area contributed by atoms with Crippen LogP contribution < -0.4 is 0 Å². The molecule has 0 atom stereocenters. The second-order valence-electron chi connectivity index (χ2n) is 3.76. The maximum absolute atomic E-state index is 12.1. The lowest BCUT2D eigenvalue weighted by Crippen LogP contribution is -2.27. The third-order valence-corrected chi connectivity index (χ3v) is 5.55. The zero-order valence-electron chi connectivity index (χ0n) is 9.81. The van der Waals surface area contributed by atoms with E-state index in [9.17, 15) is 9.90 Å². The Balaban J connectivity index is 2.38. The topological polar surface area (TPSA) is 40.5 Å². The van der Waals surface area contributed by atoms with Gasteiger partial charge in [-0.2, -0.15) is 0 Å². The second kappa shape index (κ2) is 6.27. The Morgan fingerprint density at radius 3 is 2.47 bits per heavy atom. The number of carbonyl (C=O) groups excluding carboxylic acids is 1. The highest BCUT2D eigenvalue weighted by molar-refractivity contribution is 14.1. The van der Waals surface area contributed by atoms with Gasteiger partial charge in [0.2, 0.25) is 0 Å². The number of thiocarbonyl (C=S) groups is 1. The second-order valence-corrected chi connectivity index (χ2v) is 7.76. The van der Waals surface area contributed by atoms with Gasteiger partial charge in [0.25, 0.3) is 5.91 Å². The minimum atomic E-state index is -0.0457. The molecule has 0 radical (unpaired) electrons. The van der Waals surface area contributed by atoms with E-state index < -0.39 is 0 Å². The first-order valence-electron chi connectivity index (χ1n) is 5.37. The Labute approximate surface area is 148 Å². The van der Waals surface area contributed by atoms with Crippen LogP contribution in [0.4, 0.5) is 0 Å². The molecule has 1 aliphatic heterocycles. The summed E-state index contributed by atoms with van der Waals surface area (Å²) in [5.74, 6) is 0.232. The number of rotatable bonds is 2. The van der Waals surface area contributed by atoms with Crippen molar-refractivity contribution >= 4 is 85.5 Å². The van der Waals surface area contributed by atoms with Crippen LogP contribution in [-0.2, 0) is 4.79 Å². The number of likely N-dealkylation sites (N-methyl/N-ethyl adjacent to an activating group) is 1. The summed E-state index contributed by atoms with van der Waals surface area (Å²) in [6.07, 6.45) is 1.82. The molecule has 1 N–H and O–H groups in total. The zero-order chi connectivity index (χ0) is 14.2. The van der Waals surface area contributed by atoms with E-state index in [1.54, 1.807) is 4.90 Å². The Hall–Kier alpha value is 0.130. The molecule has 0 saturated carbocycles. The minimum absolute atomic E-state index is 0.0457. The smallest absolute Gasteiger partial charge is 0.266 e. The van der Waals surface area contributed by atoms with E-state index >= 15 is 0 Å². The fourth-order valence-corrected chi connectivity index (χ4v) is 4.79. The van der Waals surface area contributed by atoms with Crippen molar-refractivity contribution in [3.8, 4) is 5.75 Å². The number of benzene rings is 1. The summed E-state index contributed by atoms with van der Waals surface area (Å²) in [5.41, 5.74) is 0.892. The maximum atomic E-state index is 12.1. The molecule has 7 heteroatoms. The Kier molecular flexibility index (Phi) is 5.12. The van der Waals surface area contributed by atoms with Crippen LogP contribution >= 0.6 is 69.2 Å². The molecule has 0 unspecified atom stereocenters. The summed E-state index contributed by atoms with van der Waals surface area (Å²) in [7, 11) is 0. The van der Waals surface area contributed by atoms with Crippen molar-refractivity contribution in [3.05, 3.63) is 29.7 Å². The van der Waals surface area contributed by atoms with Gasteiger partial charge in [0.1, 0.15) is 10.1 Å². The first-order valence-corrected chi connectivity index (χ1v) is 8.75. The molecule has 19 heavy (non-hydrogen) atoms. The first kappa shape index (κ1) is 15.5. The monoisotopic (exact) mass is 517 g/mol. The molecule has 0 aromatic heterocycles. The lowest BCUT2D eigenvalue weighted by Gasteiger charge is -2.09. The van der Waals surface area contributed by atoms with Crippen molar-refractivity contribution in [1.29, 1.82) is 0 Å². The average molecular weight is 517 g/mol. The molecular formula is C12H9I2NO2S2. The molecule has 100 valence electrons. The van der Waals surface area contributed by atoms with Gasteiger partial charge in [0.05, 0.1) is 12.0 Å². The Bertz CT molecular complexity index is 578. The lowest BCUT2D eigenvalue weighted by atomic mass is 10.2. The van der Waals surface area contributed by atoms with E-state index in [4.69, 9.17) is 12.2 Å². The highest BCUT2D eigenvalue weighted by Gasteiger charge is 2.30. The number of hydrogen-bond donors (Lipinski definition) is 1. The summed E-state index contributed by atoms with van der Waals surface area (Å²) >= 11 is 10.6. The predicted molar refractivity (Wildman–Crippen MR) is 99.1 cm³/mol. The number of amides is 1. The predicted octanol–water partition coefficient (Wildman–Crippen LogP) is 3.82. The van der Waals surface area contributed by atoms with Gasteiger partial charge < -0.3 is 5.11 Å². The van der Waals surface area contributed by atoms with E-state index in [2.05, 4.69) is 45.2 Å². The highest BCUT2D eigenvalue weighted by atomic mass is 127. The van der Waals surface area contributed by atoms with Crippen LogP contribution in [0, 0.1) is 7.14 Å². The Morgan fingerprint density at radius 2 is 2.00 bits per heavy atom. The van der Waals surface area contributed by atoms with E-state index in [0.717, 1.165) is 12.7 Å². The van der Waals surface area contributed by atoms with Crippen LogP contribution in [0.15, 0.2) is 17.0 Å². The van der Waals surface area contributed by atoms with Gasteiger partial charge in [0.15, 0.2) is 0 Å². The molecule has 3 nitrogen and oxygen atoms in total. The molecule has 1 saturated heterocycles. The van der Waals surface area contributed by atoms with Crippen LogP contribution in [-0.4, -0.2) is 26.8 Å². The number of phenolic OH excluding ortho intramolecular Hbond substituents is 1. The number of phenols is 1. The third kappa shape index (κ3) is 3.24. The molecule has 1 heterocycles. The van der Waals surface area contributed by atoms with Crippen molar-refractivity contribution in [2.45, 2.75) is 6.92 Å². The van der Waals surface area contributed by atoms with Crippen molar-refractivity contribution in [1.82, 2.24) is 4.90 Å². The summed E-state index contributed by atoms with van der Waals surface area (Å²) in [6.45, 7) is 2.49. The fourth-order valence-electron chi connectivity index (χ4n) is 1.59. The van der Waals surface area contributed by atoms with E-state index in [1.165, 1.54) is 11.8 Å². The summed E-state index contributed by atoms with van der Waals surface area (Å²) < 4.78 is 2.13. The zero-order valence-corrected chi connectivity index (χ0v) is 15.8. The number of hydrogen-bond acceptors (Lipinski definition) is 4. The number of thioether (sulfide) groups is 1. The number of carbonyl (C=O) groups is 1. The van der Waals surface area contributed by atoms with Gasteiger partial charge in [-0.3, -0.25) is 9.69 Å². The van der Waals surface area contributed by atoms with Crippen LogP contribution in [0.2, 0.25) is 0 Å². The van der Waals surface area contributed by atoms with Crippen LogP contribution in [0.5, 0.6) is 5.75 Å². The molecular weight excluding hydrogens is 508 g/mol. The van der Waals surface area contributed by atoms with E-state index in [0.29, 0.717) is 15.8 Å². The van der Waals surface area contributed by atoms with Gasteiger partial charge >= 0.3 is 0 Å². The highest BCUT2D eigenvalue weighted by Crippen LogP contribution is 2.34. The molecule has 0 spiro atoms.